The number of hydrazine groups is 1. The van der Waals surface area contributed by atoms with E-state index in [2.05, 4.69) is 46.7 Å². The molecule has 0 atom stereocenters. The van der Waals surface area contributed by atoms with Crippen LogP contribution in [0.3, 0.4) is 0 Å². The second-order valence-electron chi connectivity index (χ2n) is 7.22. The zero-order chi connectivity index (χ0) is 19.9. The maximum absolute atomic E-state index is 11.4. The van der Waals surface area contributed by atoms with Crippen molar-refractivity contribution in [3.63, 3.8) is 0 Å². The smallest absolute Gasteiger partial charge is 0.238 e. The van der Waals surface area contributed by atoms with Crippen LogP contribution in [-0.2, 0) is 28.9 Å². The summed E-state index contributed by atoms with van der Waals surface area (Å²) in [5.41, 5.74) is 6.88. The summed E-state index contributed by atoms with van der Waals surface area (Å²) in [6, 6.07) is 16.8. The van der Waals surface area contributed by atoms with Gasteiger partial charge in [0, 0.05) is 38.8 Å². The van der Waals surface area contributed by atoms with Gasteiger partial charge in [-0.2, -0.15) is 0 Å². The first-order valence-corrected chi connectivity index (χ1v) is 9.72. The zero-order valence-corrected chi connectivity index (χ0v) is 16.4. The van der Waals surface area contributed by atoms with E-state index in [0.717, 1.165) is 44.6 Å². The van der Waals surface area contributed by atoms with Crippen molar-refractivity contribution >= 4 is 17.5 Å². The van der Waals surface area contributed by atoms with E-state index >= 15 is 0 Å². The molecule has 1 aliphatic rings. The molecule has 0 radical (unpaired) electrons. The Kier molecular flexibility index (Phi) is 8.21. The van der Waals surface area contributed by atoms with Gasteiger partial charge in [0.2, 0.25) is 11.8 Å². The van der Waals surface area contributed by atoms with Crippen molar-refractivity contribution in [3.8, 4) is 0 Å². The SMILES string of the molecule is C.CC(=O)N1CCN(c2ccc(CCc3ccc(CC(=O)NN)cc3)cc2)CC1. The summed E-state index contributed by atoms with van der Waals surface area (Å²) >= 11 is 0. The van der Waals surface area contributed by atoms with Gasteiger partial charge in [0.1, 0.15) is 0 Å². The monoisotopic (exact) mass is 396 g/mol. The maximum atomic E-state index is 11.4. The summed E-state index contributed by atoms with van der Waals surface area (Å²) in [5.74, 6) is 5.09. The molecule has 0 unspecified atom stereocenters. The number of nitrogens with two attached hydrogens (primary N) is 1. The molecule has 0 aromatic heterocycles. The number of rotatable bonds is 6. The quantitative estimate of drug-likeness (QED) is 0.446. The zero-order valence-electron chi connectivity index (χ0n) is 16.4. The van der Waals surface area contributed by atoms with Crippen LogP contribution in [-0.4, -0.2) is 42.9 Å². The molecule has 6 heteroatoms. The summed E-state index contributed by atoms with van der Waals surface area (Å²) in [6.45, 7) is 4.98. The maximum Gasteiger partial charge on any atom is 0.238 e. The van der Waals surface area contributed by atoms with Crippen LogP contribution in [0.1, 0.15) is 31.0 Å². The third-order valence-corrected chi connectivity index (χ3v) is 5.28. The molecular formula is C23H32N4O2. The van der Waals surface area contributed by atoms with E-state index in [1.54, 1.807) is 6.92 Å². The first-order valence-electron chi connectivity index (χ1n) is 9.72. The Morgan fingerprint density at radius 3 is 1.83 bits per heavy atom. The van der Waals surface area contributed by atoms with Crippen molar-refractivity contribution in [2.45, 2.75) is 33.6 Å². The number of carbonyl (C=O) groups excluding carboxylic acids is 2. The molecule has 1 fully saturated rings. The molecule has 0 spiro atoms. The van der Waals surface area contributed by atoms with Gasteiger partial charge in [-0.25, -0.2) is 5.84 Å². The highest BCUT2D eigenvalue weighted by molar-refractivity contribution is 5.77. The third-order valence-electron chi connectivity index (χ3n) is 5.28. The number of benzene rings is 2. The van der Waals surface area contributed by atoms with Crippen LogP contribution in [0, 0.1) is 0 Å². The highest BCUT2D eigenvalue weighted by atomic mass is 16.2. The predicted molar refractivity (Wildman–Crippen MR) is 118 cm³/mol. The van der Waals surface area contributed by atoms with E-state index in [1.807, 2.05) is 17.0 Å². The van der Waals surface area contributed by atoms with Crippen LogP contribution in [0.5, 0.6) is 0 Å². The average molecular weight is 397 g/mol. The molecule has 2 aromatic rings. The van der Waals surface area contributed by atoms with Crippen LogP contribution < -0.4 is 16.2 Å². The predicted octanol–water partition coefficient (Wildman–Crippen LogP) is 2.31. The van der Waals surface area contributed by atoms with E-state index in [4.69, 9.17) is 5.84 Å². The minimum atomic E-state index is -0.185. The Balaban J connectivity index is 0.00000300. The lowest BCUT2D eigenvalue weighted by molar-refractivity contribution is -0.129. The number of anilines is 1. The van der Waals surface area contributed by atoms with Gasteiger partial charge in [0.25, 0.3) is 0 Å². The van der Waals surface area contributed by atoms with E-state index in [-0.39, 0.29) is 19.2 Å². The first kappa shape index (κ1) is 22.4. The summed E-state index contributed by atoms with van der Waals surface area (Å²) in [4.78, 5) is 27.0. The normalized spacial score (nSPS) is 13.6. The second-order valence-corrected chi connectivity index (χ2v) is 7.22. The van der Waals surface area contributed by atoms with E-state index in [1.165, 1.54) is 16.8 Å². The fraction of sp³-hybridized carbons (Fsp3) is 0.391. The van der Waals surface area contributed by atoms with Gasteiger partial charge in [-0.3, -0.25) is 15.0 Å². The molecule has 6 nitrogen and oxygen atoms in total. The van der Waals surface area contributed by atoms with Gasteiger partial charge in [-0.1, -0.05) is 43.8 Å². The Morgan fingerprint density at radius 1 is 0.862 bits per heavy atom. The molecule has 1 saturated heterocycles. The molecule has 3 N–H and O–H groups in total. The lowest BCUT2D eigenvalue weighted by atomic mass is 10.0. The second kappa shape index (κ2) is 10.6. The number of nitrogens with one attached hydrogen (secondary N) is 1. The minimum absolute atomic E-state index is 0. The summed E-state index contributed by atoms with van der Waals surface area (Å²) < 4.78 is 0. The van der Waals surface area contributed by atoms with Gasteiger partial charge < -0.3 is 9.80 Å². The van der Waals surface area contributed by atoms with Crippen LogP contribution in [0.15, 0.2) is 48.5 Å². The molecule has 1 heterocycles. The van der Waals surface area contributed by atoms with Crippen LogP contribution in [0.2, 0.25) is 0 Å². The van der Waals surface area contributed by atoms with Gasteiger partial charge in [-0.15, -0.1) is 0 Å². The first-order chi connectivity index (χ1) is 13.5. The molecule has 3 rings (SSSR count). The van der Waals surface area contributed by atoms with Gasteiger partial charge in [0.15, 0.2) is 0 Å². The van der Waals surface area contributed by atoms with Crippen LogP contribution in [0.25, 0.3) is 0 Å². The van der Waals surface area contributed by atoms with Gasteiger partial charge in [0.05, 0.1) is 6.42 Å². The van der Waals surface area contributed by atoms with Crippen molar-refractivity contribution in [3.05, 3.63) is 65.2 Å². The highest BCUT2D eigenvalue weighted by Crippen LogP contribution is 2.18. The number of hydrogen-bond donors (Lipinski definition) is 2. The Labute approximate surface area is 173 Å². The van der Waals surface area contributed by atoms with Crippen molar-refractivity contribution in [2.24, 2.45) is 5.84 Å². The van der Waals surface area contributed by atoms with Gasteiger partial charge in [-0.05, 0) is 41.7 Å². The number of amides is 2. The van der Waals surface area contributed by atoms with E-state index < -0.39 is 0 Å². The highest BCUT2D eigenvalue weighted by Gasteiger charge is 2.18. The number of nitrogens with zero attached hydrogens (tertiary/aromatic N) is 2. The summed E-state index contributed by atoms with van der Waals surface area (Å²) in [5, 5.41) is 0. The fourth-order valence-corrected chi connectivity index (χ4v) is 3.50. The standard InChI is InChI=1S/C22H28N4O2.CH4/c1-17(27)25-12-14-26(15-13-25)21-10-8-19(9-11-21)3-2-18-4-6-20(7-5-18)16-22(28)24-23;/h4-11H,2-3,12-16,23H2,1H3,(H,24,28);1H4. The lowest BCUT2D eigenvalue weighted by Gasteiger charge is -2.35. The molecular weight excluding hydrogens is 364 g/mol. The Morgan fingerprint density at radius 2 is 1.34 bits per heavy atom. The fourth-order valence-electron chi connectivity index (χ4n) is 3.50. The van der Waals surface area contributed by atoms with Crippen LogP contribution >= 0.6 is 0 Å². The summed E-state index contributed by atoms with van der Waals surface area (Å²) in [6.07, 6.45) is 2.24. The largest absolute Gasteiger partial charge is 0.368 e. The van der Waals surface area contributed by atoms with Gasteiger partial charge >= 0.3 is 0 Å². The van der Waals surface area contributed by atoms with Crippen LogP contribution in [0.4, 0.5) is 5.69 Å². The molecule has 2 aromatic carbocycles. The van der Waals surface area contributed by atoms with Crippen molar-refractivity contribution in [1.82, 2.24) is 10.3 Å². The number of carbonyl (C=O) groups is 2. The van der Waals surface area contributed by atoms with E-state index in [9.17, 15) is 9.59 Å². The number of aryl methyl sites for hydroxylation is 2. The van der Waals surface area contributed by atoms with E-state index in [0.29, 0.717) is 6.42 Å². The Bertz CT molecular complexity index is 795. The molecule has 0 saturated carbocycles. The molecule has 1 aliphatic heterocycles. The molecule has 0 aliphatic carbocycles. The number of piperazine rings is 1. The molecule has 29 heavy (non-hydrogen) atoms. The summed E-state index contributed by atoms with van der Waals surface area (Å²) in [7, 11) is 0. The van der Waals surface area contributed by atoms with Crippen molar-refractivity contribution in [2.75, 3.05) is 31.1 Å². The number of hydrogen-bond acceptors (Lipinski definition) is 4. The average Bonchev–Trinajstić information content (AvgIpc) is 2.73. The molecule has 156 valence electrons. The Hall–Kier alpha value is -2.86. The molecule has 0 bridgehead atoms. The van der Waals surface area contributed by atoms with Crippen molar-refractivity contribution < 1.29 is 9.59 Å². The lowest BCUT2D eigenvalue weighted by Crippen LogP contribution is -2.48. The minimum Gasteiger partial charge on any atom is -0.368 e. The third kappa shape index (κ3) is 6.32. The van der Waals surface area contributed by atoms with Crippen molar-refractivity contribution in [1.29, 1.82) is 0 Å². The topological polar surface area (TPSA) is 78.7 Å². The molecule has 2 amide bonds.